The highest BCUT2D eigenvalue weighted by Gasteiger charge is 2.40. The van der Waals surface area contributed by atoms with Crippen molar-refractivity contribution in [3.63, 3.8) is 0 Å². The van der Waals surface area contributed by atoms with Gasteiger partial charge in [-0.15, -0.1) is 0 Å². The molecule has 2 aliphatic rings. The number of para-hydroxylation sites is 2. The molecule has 8 aromatic rings. The summed E-state index contributed by atoms with van der Waals surface area (Å²) >= 11 is 0. The number of benzene rings is 6. The topological polar surface area (TPSA) is 46.8 Å². The third-order valence-corrected chi connectivity index (χ3v) is 9.97. The van der Waals surface area contributed by atoms with Crippen molar-refractivity contribution >= 4 is 33.2 Å². The van der Waals surface area contributed by atoms with Crippen LogP contribution < -0.4 is 4.90 Å². The Kier molecular flexibility index (Phi) is 6.56. The summed E-state index contributed by atoms with van der Waals surface area (Å²) in [6.07, 6.45) is 9.08. The zero-order valence-electron chi connectivity index (χ0n) is 27.1. The molecule has 0 saturated heterocycles. The maximum Gasteiger partial charge on any atom is 0.164 e. The van der Waals surface area contributed by atoms with Crippen LogP contribution in [0.25, 0.3) is 61.7 Å². The van der Waals surface area contributed by atoms with Gasteiger partial charge in [0.1, 0.15) is 0 Å². The van der Waals surface area contributed by atoms with Crippen molar-refractivity contribution in [1.29, 1.82) is 0 Å². The second-order valence-corrected chi connectivity index (χ2v) is 12.8. The number of rotatable bonds is 5. The molecule has 0 amide bonds. The van der Waals surface area contributed by atoms with Crippen molar-refractivity contribution in [3.8, 4) is 39.9 Å². The average molecular weight is 642 g/mol. The highest BCUT2D eigenvalue weighted by atomic mass is 15.2. The van der Waals surface area contributed by atoms with E-state index in [1.807, 2.05) is 60.7 Å². The summed E-state index contributed by atoms with van der Waals surface area (Å²) in [5.41, 5.74) is 10.2. The van der Waals surface area contributed by atoms with Crippen LogP contribution in [-0.2, 0) is 0 Å². The average Bonchev–Trinajstić information content (AvgIpc) is 3.72. The van der Waals surface area contributed by atoms with Crippen LogP contribution in [0.1, 0.15) is 11.5 Å². The van der Waals surface area contributed by atoms with Gasteiger partial charge >= 0.3 is 0 Å². The number of fused-ring (bicyclic) bond motifs is 7. The summed E-state index contributed by atoms with van der Waals surface area (Å²) in [6.45, 7) is 0. The number of anilines is 2. The molecule has 50 heavy (non-hydrogen) atoms. The smallest absolute Gasteiger partial charge is 0.164 e. The minimum Gasteiger partial charge on any atom is -0.333 e. The molecule has 2 unspecified atom stereocenters. The Morgan fingerprint density at radius 3 is 1.66 bits per heavy atom. The normalized spacial score (nSPS) is 16.2. The quantitative estimate of drug-likeness (QED) is 0.188. The summed E-state index contributed by atoms with van der Waals surface area (Å²) in [5, 5.41) is 2.55. The molecule has 0 bridgehead atoms. The molecule has 0 N–H and O–H groups in total. The van der Waals surface area contributed by atoms with Crippen LogP contribution in [0.4, 0.5) is 11.4 Å². The summed E-state index contributed by atoms with van der Waals surface area (Å²) < 4.78 is 2.45. The third-order valence-electron chi connectivity index (χ3n) is 9.97. The van der Waals surface area contributed by atoms with E-state index in [2.05, 4.69) is 125 Å². The van der Waals surface area contributed by atoms with Crippen LogP contribution in [0.5, 0.6) is 0 Å². The van der Waals surface area contributed by atoms with Crippen molar-refractivity contribution in [3.05, 3.63) is 182 Å². The molecule has 1 aliphatic carbocycles. The molecule has 5 nitrogen and oxygen atoms in total. The Morgan fingerprint density at radius 2 is 1.00 bits per heavy atom. The first-order chi connectivity index (χ1) is 24.8. The van der Waals surface area contributed by atoms with Gasteiger partial charge < -0.3 is 9.47 Å². The molecule has 10 rings (SSSR count). The van der Waals surface area contributed by atoms with Gasteiger partial charge in [0.05, 0.1) is 17.1 Å². The molecular weight excluding hydrogens is 611 g/mol. The first-order valence-corrected chi connectivity index (χ1v) is 17.0. The van der Waals surface area contributed by atoms with E-state index < -0.39 is 0 Å². The predicted octanol–water partition coefficient (Wildman–Crippen LogP) is 10.7. The SMILES string of the molecule is C1=CC2c3c(ccc4c5ccccc5n(-c5ccccc5)c34)N(c3ccc(-c4nc(-c5ccccc5)nc(-c5ccccc5)n4)cc3)C2C=C1. The van der Waals surface area contributed by atoms with Gasteiger partial charge in [-0.05, 0) is 48.5 Å². The monoisotopic (exact) mass is 641 g/mol. The minimum absolute atomic E-state index is 0.153. The Labute approximate surface area is 290 Å². The lowest BCUT2D eigenvalue weighted by Gasteiger charge is -2.28. The Hall–Kier alpha value is -6.59. The summed E-state index contributed by atoms with van der Waals surface area (Å²) in [5.74, 6) is 2.17. The number of nitrogens with zero attached hydrogens (tertiary/aromatic N) is 5. The van der Waals surface area contributed by atoms with E-state index in [0.29, 0.717) is 17.5 Å². The Balaban J connectivity index is 1.12. The summed E-state index contributed by atoms with van der Waals surface area (Å²) in [4.78, 5) is 17.3. The summed E-state index contributed by atoms with van der Waals surface area (Å²) in [6, 6.07) is 53.2. The fourth-order valence-electron chi connectivity index (χ4n) is 7.75. The molecule has 1 aliphatic heterocycles. The van der Waals surface area contributed by atoms with Crippen molar-refractivity contribution in [2.45, 2.75) is 12.0 Å². The fraction of sp³-hybridized carbons (Fsp3) is 0.0444. The Morgan fingerprint density at radius 1 is 0.440 bits per heavy atom. The lowest BCUT2D eigenvalue weighted by atomic mass is 9.90. The predicted molar refractivity (Wildman–Crippen MR) is 204 cm³/mol. The van der Waals surface area contributed by atoms with E-state index in [-0.39, 0.29) is 12.0 Å². The van der Waals surface area contributed by atoms with Gasteiger partial charge in [0, 0.05) is 56.0 Å². The maximum absolute atomic E-state index is 4.96. The molecule has 0 fully saturated rings. The van der Waals surface area contributed by atoms with Crippen LogP contribution in [0.3, 0.4) is 0 Å². The van der Waals surface area contributed by atoms with E-state index in [4.69, 9.17) is 15.0 Å². The zero-order valence-corrected chi connectivity index (χ0v) is 27.1. The van der Waals surface area contributed by atoms with E-state index in [1.165, 1.54) is 38.7 Å². The van der Waals surface area contributed by atoms with Gasteiger partial charge in [0.15, 0.2) is 17.5 Å². The molecule has 0 saturated carbocycles. The second-order valence-electron chi connectivity index (χ2n) is 12.8. The van der Waals surface area contributed by atoms with Crippen LogP contribution in [0.15, 0.2) is 176 Å². The van der Waals surface area contributed by atoms with Crippen LogP contribution >= 0.6 is 0 Å². The van der Waals surface area contributed by atoms with E-state index >= 15 is 0 Å². The first-order valence-electron chi connectivity index (χ1n) is 17.0. The molecule has 0 spiro atoms. The van der Waals surface area contributed by atoms with Gasteiger partial charge in [-0.3, -0.25) is 0 Å². The summed E-state index contributed by atoms with van der Waals surface area (Å²) in [7, 11) is 0. The zero-order chi connectivity index (χ0) is 33.0. The molecule has 3 heterocycles. The molecule has 6 aromatic carbocycles. The number of aromatic nitrogens is 4. The molecule has 2 atom stereocenters. The van der Waals surface area contributed by atoms with E-state index in [0.717, 1.165) is 22.4 Å². The van der Waals surface area contributed by atoms with Crippen LogP contribution in [0, 0.1) is 0 Å². The molecular formula is C45H31N5. The molecule has 2 aromatic heterocycles. The standard InChI is InChI=1S/C45H31N5/c1-4-14-30(15-5-1)43-46-44(31-16-6-2-7-17-31)48-45(47-43)32-24-26-34(27-25-32)49-39-23-13-11-21-37(39)41-40(49)29-28-36-35-20-10-12-22-38(35)50(42(36)41)33-18-8-3-9-19-33/h1-29,37,39H. The van der Waals surface area contributed by atoms with Crippen LogP contribution in [-0.4, -0.2) is 25.6 Å². The lowest BCUT2D eigenvalue weighted by Crippen LogP contribution is -2.28. The van der Waals surface area contributed by atoms with E-state index in [1.54, 1.807) is 0 Å². The van der Waals surface area contributed by atoms with Gasteiger partial charge in [-0.2, -0.15) is 0 Å². The fourth-order valence-corrected chi connectivity index (χ4v) is 7.75. The largest absolute Gasteiger partial charge is 0.333 e. The van der Waals surface area contributed by atoms with Crippen molar-refractivity contribution in [1.82, 2.24) is 19.5 Å². The first kappa shape index (κ1) is 28.4. The molecule has 0 radical (unpaired) electrons. The number of allylic oxidation sites excluding steroid dienone is 2. The third kappa shape index (κ3) is 4.51. The maximum atomic E-state index is 4.96. The highest BCUT2D eigenvalue weighted by Crippen LogP contribution is 2.52. The van der Waals surface area contributed by atoms with Gasteiger partial charge in [0.25, 0.3) is 0 Å². The van der Waals surface area contributed by atoms with E-state index in [9.17, 15) is 0 Å². The molecule has 5 heteroatoms. The molecule has 236 valence electrons. The Bertz CT molecular complexity index is 2530. The lowest BCUT2D eigenvalue weighted by molar-refractivity contribution is 0.746. The highest BCUT2D eigenvalue weighted by molar-refractivity contribution is 6.12. The van der Waals surface area contributed by atoms with Gasteiger partial charge in [0.2, 0.25) is 0 Å². The van der Waals surface area contributed by atoms with Crippen LogP contribution in [0.2, 0.25) is 0 Å². The number of hydrogen-bond acceptors (Lipinski definition) is 4. The van der Waals surface area contributed by atoms with Crippen molar-refractivity contribution in [2.24, 2.45) is 0 Å². The minimum atomic E-state index is 0.153. The number of hydrogen-bond donors (Lipinski definition) is 0. The second kappa shape index (κ2) is 11.5. The van der Waals surface area contributed by atoms with Gasteiger partial charge in [-0.25, -0.2) is 15.0 Å². The van der Waals surface area contributed by atoms with Crippen molar-refractivity contribution in [2.75, 3.05) is 4.90 Å². The van der Waals surface area contributed by atoms with Crippen molar-refractivity contribution < 1.29 is 0 Å². The van der Waals surface area contributed by atoms with Gasteiger partial charge in [-0.1, -0.05) is 127 Å².